The highest BCUT2D eigenvalue weighted by Crippen LogP contribution is 2.70. The smallest absolute Gasteiger partial charge is 0.331 e. The highest BCUT2D eigenvalue weighted by Gasteiger charge is 2.68. The van der Waals surface area contributed by atoms with E-state index in [1.54, 1.807) is 13.0 Å². The molecule has 13 nitrogen and oxygen atoms in total. The lowest BCUT2D eigenvalue weighted by Crippen LogP contribution is -2.64. The fourth-order valence-electron chi connectivity index (χ4n) is 11.3. The Morgan fingerprint density at radius 1 is 0.833 bits per heavy atom. The van der Waals surface area contributed by atoms with Crippen molar-refractivity contribution in [1.82, 2.24) is 0 Å². The van der Waals surface area contributed by atoms with Crippen LogP contribution < -0.4 is 0 Å². The van der Waals surface area contributed by atoms with Gasteiger partial charge in [0.2, 0.25) is 0 Å². The summed E-state index contributed by atoms with van der Waals surface area (Å²) in [6.07, 6.45) is -4.12. The molecule has 7 rings (SSSR count). The maximum absolute atomic E-state index is 12.5. The molecule has 3 aliphatic heterocycles. The number of cyclic esters (lactones) is 1. The number of esters is 1. The van der Waals surface area contributed by atoms with Crippen molar-refractivity contribution in [3.63, 3.8) is 0 Å². The molecule has 2 saturated heterocycles. The van der Waals surface area contributed by atoms with Crippen LogP contribution in [0.1, 0.15) is 78.6 Å². The van der Waals surface area contributed by atoms with Gasteiger partial charge in [-0.05, 0) is 99.4 Å². The van der Waals surface area contributed by atoms with Crippen molar-refractivity contribution >= 4 is 5.97 Å². The molecular formula is C35H54O13. The predicted octanol–water partition coefficient (Wildman–Crippen LogP) is 0.280. The van der Waals surface area contributed by atoms with E-state index in [2.05, 4.69) is 13.8 Å². The number of rotatable bonds is 6. The molecule has 7 aliphatic rings. The van der Waals surface area contributed by atoms with Crippen LogP contribution in [0.15, 0.2) is 11.6 Å². The van der Waals surface area contributed by atoms with Crippen molar-refractivity contribution in [2.75, 3.05) is 13.2 Å². The van der Waals surface area contributed by atoms with E-state index in [-0.39, 0.29) is 34.7 Å². The molecule has 272 valence electrons. The summed E-state index contributed by atoms with van der Waals surface area (Å²) in [5.41, 5.74) is 0.00280. The number of carbonyl (C=O) groups excluding carboxylic acids is 1. The van der Waals surface area contributed by atoms with Gasteiger partial charge < -0.3 is 59.4 Å². The monoisotopic (exact) mass is 682 g/mol. The van der Waals surface area contributed by atoms with Gasteiger partial charge in [0.1, 0.15) is 49.3 Å². The Bertz CT molecular complexity index is 1240. The average molecular weight is 683 g/mol. The van der Waals surface area contributed by atoms with Gasteiger partial charge in [0.05, 0.1) is 24.4 Å². The number of ether oxygens (including phenoxy) is 5. The predicted molar refractivity (Wildman–Crippen MR) is 166 cm³/mol. The van der Waals surface area contributed by atoms with Gasteiger partial charge in [-0.2, -0.15) is 0 Å². The van der Waals surface area contributed by atoms with Gasteiger partial charge in [0.15, 0.2) is 12.6 Å². The molecule has 0 amide bonds. The molecule has 0 aromatic heterocycles. The molecule has 4 saturated carbocycles. The first kappa shape index (κ1) is 35.2. The lowest BCUT2D eigenvalue weighted by Gasteiger charge is -2.64. The number of aliphatic hydroxyl groups is 7. The summed E-state index contributed by atoms with van der Waals surface area (Å²) in [5.74, 6) is 0.825. The molecule has 0 aromatic rings. The van der Waals surface area contributed by atoms with Crippen molar-refractivity contribution in [1.29, 1.82) is 0 Å². The standard InChI is InChI=1S/C35H54O13/c1-16-30(48-32-28(41)26(39)25(38)23(14-36)47-32)27(40)29(42)31(45-16)46-19-6-9-33(2)18(13-19)4-5-22-21(33)7-10-34(3)20(8-11-35(22,34)43)17-12-24(37)44-15-17/h12,16,18-23,25-32,36,38-43H,4-11,13-15H2,1-3H3/t16-,18+,19-,20+,21-,22+,23+,25+,26-,27-,28+,29-,30+,31+,32-,33-,34+,35-/m0/s1. The molecule has 0 aromatic carbocycles. The molecule has 4 aliphatic carbocycles. The van der Waals surface area contributed by atoms with Crippen LogP contribution in [0, 0.1) is 34.5 Å². The Labute approximate surface area is 281 Å². The van der Waals surface area contributed by atoms with Crippen molar-refractivity contribution in [2.24, 2.45) is 34.5 Å². The van der Waals surface area contributed by atoms with Gasteiger partial charge in [0, 0.05) is 11.5 Å². The third-order valence-corrected chi connectivity index (χ3v) is 14.2. The Morgan fingerprint density at radius 3 is 2.27 bits per heavy atom. The number of carbonyl (C=O) groups is 1. The quantitative estimate of drug-likeness (QED) is 0.149. The molecule has 48 heavy (non-hydrogen) atoms. The maximum atomic E-state index is 12.5. The van der Waals surface area contributed by atoms with Crippen LogP contribution >= 0.6 is 0 Å². The van der Waals surface area contributed by atoms with E-state index in [9.17, 15) is 40.5 Å². The van der Waals surface area contributed by atoms with Gasteiger partial charge in [-0.3, -0.25) is 0 Å². The van der Waals surface area contributed by atoms with Crippen molar-refractivity contribution in [3.05, 3.63) is 11.6 Å². The molecule has 0 unspecified atom stereocenters. The third kappa shape index (κ3) is 5.42. The van der Waals surface area contributed by atoms with E-state index in [0.29, 0.717) is 18.4 Å². The SMILES string of the molecule is C[C@@H]1O[C@H](O[C@H]2CC[C@@]3(C)[C@H](CC[C@@H]4[C@@H]3CC[C@]3(C)[C@@H](C5=CC(=O)OC5)CC[C@]43O)C2)[C@@H](O)[C@H](O)[C@@H]1O[C@@H]1O[C@H](CO)[C@@H](O)[C@H](O)[C@H]1O. The van der Waals surface area contributed by atoms with E-state index in [1.165, 1.54) is 0 Å². The Kier molecular flexibility index (Phi) is 9.36. The van der Waals surface area contributed by atoms with Crippen molar-refractivity contribution in [2.45, 2.75) is 152 Å². The van der Waals surface area contributed by atoms with E-state index < -0.39 is 73.6 Å². The molecule has 0 spiro atoms. The fraction of sp³-hybridized carbons (Fsp3) is 0.914. The van der Waals surface area contributed by atoms with E-state index >= 15 is 0 Å². The summed E-state index contributed by atoms with van der Waals surface area (Å²) in [6.45, 7) is 5.97. The lowest BCUT2D eigenvalue weighted by atomic mass is 9.43. The Morgan fingerprint density at radius 2 is 1.56 bits per heavy atom. The molecule has 0 bridgehead atoms. The molecule has 18 atom stereocenters. The highest BCUT2D eigenvalue weighted by atomic mass is 16.7. The molecular weight excluding hydrogens is 628 g/mol. The summed E-state index contributed by atoms with van der Waals surface area (Å²) >= 11 is 0. The second-order valence-corrected chi connectivity index (χ2v) is 16.3. The normalized spacial score (nSPS) is 55.3. The second-order valence-electron chi connectivity index (χ2n) is 16.3. The minimum Gasteiger partial charge on any atom is -0.458 e. The number of fused-ring (bicyclic) bond motifs is 5. The number of hydrogen-bond acceptors (Lipinski definition) is 13. The van der Waals surface area contributed by atoms with Gasteiger partial charge in [-0.15, -0.1) is 0 Å². The van der Waals surface area contributed by atoms with Crippen LogP contribution in [0.3, 0.4) is 0 Å². The van der Waals surface area contributed by atoms with Crippen LogP contribution in [0.5, 0.6) is 0 Å². The third-order valence-electron chi connectivity index (χ3n) is 14.2. The minimum absolute atomic E-state index is 0.0345. The largest absolute Gasteiger partial charge is 0.458 e. The Hall–Kier alpha value is -1.23. The second kappa shape index (κ2) is 12.8. The number of hydrogen-bond donors (Lipinski definition) is 7. The van der Waals surface area contributed by atoms with Gasteiger partial charge >= 0.3 is 5.97 Å². The lowest BCUT2D eigenvalue weighted by molar-refractivity contribution is -0.360. The van der Waals surface area contributed by atoms with Crippen LogP contribution in [-0.4, -0.2) is 128 Å². The highest BCUT2D eigenvalue weighted by molar-refractivity contribution is 5.85. The topological polar surface area (TPSA) is 205 Å². The molecule has 6 fully saturated rings. The van der Waals surface area contributed by atoms with Crippen LogP contribution in [0.2, 0.25) is 0 Å². The van der Waals surface area contributed by atoms with Crippen molar-refractivity contribution < 1.29 is 64.2 Å². The summed E-state index contributed by atoms with van der Waals surface area (Å²) in [5, 5.41) is 74.7. The van der Waals surface area contributed by atoms with E-state index in [1.807, 2.05) is 0 Å². The minimum atomic E-state index is -1.65. The molecule has 3 heterocycles. The van der Waals surface area contributed by atoms with Gasteiger partial charge in [0.25, 0.3) is 0 Å². The van der Waals surface area contributed by atoms with Crippen LogP contribution in [0.4, 0.5) is 0 Å². The van der Waals surface area contributed by atoms with Gasteiger partial charge in [-0.25, -0.2) is 4.79 Å². The zero-order valence-corrected chi connectivity index (χ0v) is 28.1. The zero-order chi connectivity index (χ0) is 34.3. The maximum Gasteiger partial charge on any atom is 0.331 e. The van der Waals surface area contributed by atoms with Crippen LogP contribution in [-0.2, 0) is 28.5 Å². The summed E-state index contributed by atoms with van der Waals surface area (Å²) in [7, 11) is 0. The summed E-state index contributed by atoms with van der Waals surface area (Å²) < 4.78 is 28.8. The first-order valence-electron chi connectivity index (χ1n) is 17.9. The molecule has 0 radical (unpaired) electrons. The Balaban J connectivity index is 0.977. The summed E-state index contributed by atoms with van der Waals surface area (Å²) in [6, 6.07) is 0. The first-order valence-corrected chi connectivity index (χ1v) is 17.9. The fourth-order valence-corrected chi connectivity index (χ4v) is 11.3. The van der Waals surface area contributed by atoms with Gasteiger partial charge in [-0.1, -0.05) is 13.8 Å². The summed E-state index contributed by atoms with van der Waals surface area (Å²) in [4.78, 5) is 11.9. The van der Waals surface area contributed by atoms with Crippen molar-refractivity contribution in [3.8, 4) is 0 Å². The van der Waals surface area contributed by atoms with E-state index in [4.69, 9.17) is 23.7 Å². The molecule has 13 heteroatoms. The van der Waals surface area contributed by atoms with E-state index in [0.717, 1.165) is 63.4 Å². The first-order chi connectivity index (χ1) is 22.7. The van der Waals surface area contributed by atoms with Crippen LogP contribution in [0.25, 0.3) is 0 Å². The number of aliphatic hydroxyl groups excluding tert-OH is 6. The zero-order valence-electron chi connectivity index (χ0n) is 28.1. The molecule has 7 N–H and O–H groups in total. The average Bonchev–Trinajstić information content (AvgIpc) is 3.61.